The number of carbonyl (C=O) groups is 1. The van der Waals surface area contributed by atoms with Crippen LogP contribution in [0.4, 0.5) is 0 Å². The molecule has 0 unspecified atom stereocenters. The Morgan fingerprint density at radius 1 is 1.23 bits per heavy atom. The van der Waals surface area contributed by atoms with E-state index in [1.807, 2.05) is 0 Å². The van der Waals surface area contributed by atoms with Crippen LogP contribution in [0.25, 0.3) is 0 Å². The second-order valence-electron chi connectivity index (χ2n) is 7.12. The molecular weight excluding hydrogens is 344 g/mol. The summed E-state index contributed by atoms with van der Waals surface area (Å²) in [4.78, 5) is 11.2. The molecule has 0 fully saturated rings. The first-order valence-electron chi connectivity index (χ1n) is 7.68. The topological polar surface area (TPSA) is 44.8 Å². The van der Waals surface area contributed by atoms with Crippen LogP contribution >= 0.6 is 0 Å². The maximum absolute atomic E-state index is 11.2. The molecule has 0 bridgehead atoms. The van der Waals surface area contributed by atoms with Crippen LogP contribution in [-0.4, -0.2) is 48.0 Å². The van der Waals surface area contributed by atoms with Crippen molar-refractivity contribution >= 4 is 41.4 Å². The first-order chi connectivity index (χ1) is 9.93. The van der Waals surface area contributed by atoms with Gasteiger partial charge in [-0.1, -0.05) is 6.58 Å². The first kappa shape index (κ1) is 22.0. The summed E-state index contributed by atoms with van der Waals surface area (Å²) in [6.45, 7) is 19.2. The first-order valence-corrected chi connectivity index (χ1v) is 17.4. The Hall–Kier alpha value is -0.00247. The van der Waals surface area contributed by atoms with Crippen LogP contribution < -0.4 is 0 Å². The lowest BCUT2D eigenvalue weighted by atomic mass is 10.4. The third kappa shape index (κ3) is 12.5. The summed E-state index contributed by atoms with van der Waals surface area (Å²) in [6, 6.07) is 0.945. The van der Waals surface area contributed by atoms with Crippen LogP contribution in [0, 0.1) is 0 Å². The van der Waals surface area contributed by atoms with Gasteiger partial charge in [0.2, 0.25) is 9.76 Å². The molecule has 0 aromatic heterocycles. The van der Waals surface area contributed by atoms with E-state index >= 15 is 0 Å². The molecule has 0 amide bonds. The Morgan fingerprint density at radius 2 is 1.82 bits per heavy atom. The fourth-order valence-electron chi connectivity index (χ4n) is 1.87. The normalized spacial score (nSPS) is 12.5. The van der Waals surface area contributed by atoms with E-state index in [0.29, 0.717) is 21.9 Å². The molecule has 4 nitrogen and oxygen atoms in total. The Morgan fingerprint density at radius 3 is 2.32 bits per heavy atom. The van der Waals surface area contributed by atoms with Crippen molar-refractivity contribution in [1.29, 1.82) is 0 Å². The summed E-state index contributed by atoms with van der Waals surface area (Å²) in [7, 11) is -3.32. The van der Waals surface area contributed by atoms with E-state index in [-0.39, 0.29) is 5.97 Å². The smallest absolute Gasteiger partial charge is 0.333 e. The third-order valence-electron chi connectivity index (χ3n) is 2.51. The number of rotatable bonds is 11. The van der Waals surface area contributed by atoms with Gasteiger partial charge in [0.05, 0.1) is 6.61 Å². The van der Waals surface area contributed by atoms with Gasteiger partial charge < -0.3 is 13.0 Å². The molecule has 0 saturated heterocycles. The number of carbonyl (C=O) groups excluding carboxylic acids is 1. The van der Waals surface area contributed by atoms with Crippen molar-refractivity contribution in [2.75, 3.05) is 6.61 Å². The molecule has 0 aliphatic rings. The largest absolute Gasteiger partial charge is 0.462 e. The summed E-state index contributed by atoms with van der Waals surface area (Å²) in [6.07, 6.45) is 0.845. The molecular formula is C14H31O4Si4. The highest BCUT2D eigenvalue weighted by atomic mass is 28.4. The molecule has 0 aliphatic carbocycles. The number of hydrogen-bond donors (Lipinski definition) is 0. The van der Waals surface area contributed by atoms with Gasteiger partial charge in [-0.3, -0.25) is 0 Å². The Balaban J connectivity index is 3.84. The number of hydrogen-bond acceptors (Lipinski definition) is 4. The van der Waals surface area contributed by atoms with Gasteiger partial charge in [0.1, 0.15) is 0 Å². The zero-order valence-electron chi connectivity index (χ0n) is 15.2. The molecule has 0 saturated carbocycles. The SMILES string of the molecule is C=C(C)C(=O)OCCC[Si]O[Si](C)(C)C[Si](C)O[Si](C)(C)C. The molecule has 0 N–H and O–H groups in total. The van der Waals surface area contributed by atoms with Gasteiger partial charge in [0.15, 0.2) is 25.7 Å². The van der Waals surface area contributed by atoms with Crippen LogP contribution in [0.2, 0.25) is 51.0 Å². The van der Waals surface area contributed by atoms with E-state index in [1.54, 1.807) is 6.92 Å². The van der Waals surface area contributed by atoms with Gasteiger partial charge >= 0.3 is 5.97 Å². The highest BCUT2D eigenvalue weighted by Crippen LogP contribution is 2.17. The predicted octanol–water partition coefficient (Wildman–Crippen LogP) is 3.77. The van der Waals surface area contributed by atoms with Gasteiger partial charge in [-0.05, 0) is 64.3 Å². The van der Waals surface area contributed by atoms with Crippen molar-refractivity contribution in [1.82, 2.24) is 0 Å². The molecule has 0 rings (SSSR count). The zero-order valence-corrected chi connectivity index (χ0v) is 19.2. The van der Waals surface area contributed by atoms with Crippen molar-refractivity contribution in [3.63, 3.8) is 0 Å². The average molecular weight is 376 g/mol. The average Bonchev–Trinajstić information content (AvgIpc) is 2.29. The second-order valence-corrected chi connectivity index (χ2v) is 20.1. The summed E-state index contributed by atoms with van der Waals surface area (Å²) in [5, 5.41) is 0. The van der Waals surface area contributed by atoms with Crippen LogP contribution in [0.1, 0.15) is 13.3 Å². The maximum Gasteiger partial charge on any atom is 0.333 e. The fourth-order valence-corrected chi connectivity index (χ4v) is 15.0. The zero-order chi connectivity index (χ0) is 17.4. The molecule has 127 valence electrons. The third-order valence-corrected chi connectivity index (χ3v) is 15.1. The molecule has 0 aliphatic heterocycles. The molecule has 0 heterocycles. The van der Waals surface area contributed by atoms with E-state index in [1.165, 1.54) is 0 Å². The minimum Gasteiger partial charge on any atom is -0.462 e. The highest BCUT2D eigenvalue weighted by Gasteiger charge is 2.29. The maximum atomic E-state index is 11.2. The van der Waals surface area contributed by atoms with Gasteiger partial charge in [-0.2, -0.15) is 0 Å². The summed E-state index contributed by atoms with van der Waals surface area (Å²) < 4.78 is 17.4. The van der Waals surface area contributed by atoms with Crippen LogP contribution in [-0.2, 0) is 17.8 Å². The monoisotopic (exact) mass is 375 g/mol. The van der Waals surface area contributed by atoms with Crippen LogP contribution in [0.15, 0.2) is 12.2 Å². The molecule has 8 heteroatoms. The van der Waals surface area contributed by atoms with Crippen molar-refractivity contribution in [3.8, 4) is 0 Å². The lowest BCUT2D eigenvalue weighted by Crippen LogP contribution is -2.42. The predicted molar refractivity (Wildman–Crippen MR) is 100 cm³/mol. The van der Waals surface area contributed by atoms with E-state index in [9.17, 15) is 4.79 Å². The molecule has 0 spiro atoms. The van der Waals surface area contributed by atoms with E-state index in [4.69, 9.17) is 13.0 Å². The standard InChI is InChI=1S/C14H31O4Si4/c1-13(2)14(15)16-10-9-11-19-17-22(7,8)12-20(3)18-21(4,5)6/h1,9-12H2,2-8H3. The van der Waals surface area contributed by atoms with Crippen LogP contribution in [0.3, 0.4) is 0 Å². The van der Waals surface area contributed by atoms with Crippen molar-refractivity contribution in [2.24, 2.45) is 0 Å². The molecule has 0 atom stereocenters. The summed E-state index contributed by atoms with van der Waals surface area (Å²) in [5.74, 6) is -0.305. The number of ether oxygens (including phenoxy) is 1. The molecule has 0 aromatic rings. The van der Waals surface area contributed by atoms with E-state index < -0.39 is 25.7 Å². The second kappa shape index (κ2) is 9.99. The lowest BCUT2D eigenvalue weighted by Gasteiger charge is -2.29. The highest BCUT2D eigenvalue weighted by molar-refractivity contribution is 6.87. The minimum atomic E-state index is -1.63. The Bertz CT molecular complexity index is 366. The lowest BCUT2D eigenvalue weighted by molar-refractivity contribution is -0.138. The van der Waals surface area contributed by atoms with E-state index in [2.05, 4.69) is 45.9 Å². The molecule has 3 radical (unpaired) electrons. The van der Waals surface area contributed by atoms with Crippen LogP contribution in [0.5, 0.6) is 0 Å². The van der Waals surface area contributed by atoms with Crippen molar-refractivity contribution < 1.29 is 17.8 Å². The minimum absolute atomic E-state index is 0.305. The quantitative estimate of drug-likeness (QED) is 0.239. The summed E-state index contributed by atoms with van der Waals surface area (Å²) >= 11 is 0. The Kier molecular flexibility index (Phi) is 9.99. The van der Waals surface area contributed by atoms with Crippen molar-refractivity contribution in [2.45, 2.75) is 64.3 Å². The number of esters is 1. The summed E-state index contributed by atoms with van der Waals surface area (Å²) in [5.41, 5.74) is 1.58. The van der Waals surface area contributed by atoms with Crippen molar-refractivity contribution in [3.05, 3.63) is 12.2 Å². The van der Waals surface area contributed by atoms with Gasteiger partial charge in [-0.15, -0.1) is 0 Å². The van der Waals surface area contributed by atoms with Gasteiger partial charge in [0, 0.05) is 5.57 Å². The molecule has 0 aromatic carbocycles. The Labute approximate surface area is 142 Å². The van der Waals surface area contributed by atoms with E-state index in [0.717, 1.165) is 18.1 Å². The molecule has 22 heavy (non-hydrogen) atoms. The fraction of sp³-hybridized carbons (Fsp3) is 0.786. The van der Waals surface area contributed by atoms with Gasteiger partial charge in [0.25, 0.3) is 0 Å². The van der Waals surface area contributed by atoms with Gasteiger partial charge in [-0.25, -0.2) is 4.79 Å².